The molecule has 0 saturated carbocycles. The van der Waals surface area contributed by atoms with E-state index in [0.29, 0.717) is 0 Å². The lowest BCUT2D eigenvalue weighted by Crippen LogP contribution is -2.16. The van der Waals surface area contributed by atoms with Crippen LogP contribution in [-0.2, 0) is 0 Å². The van der Waals surface area contributed by atoms with Crippen LogP contribution in [0.25, 0.3) is 0 Å². The summed E-state index contributed by atoms with van der Waals surface area (Å²) < 4.78 is 16.9. The molecule has 5 aromatic rings. The number of hydrogen-bond acceptors (Lipinski definition) is 7. The van der Waals surface area contributed by atoms with Gasteiger partial charge in [-0.1, -0.05) is 84.9 Å². The van der Waals surface area contributed by atoms with Gasteiger partial charge in [-0.15, -0.1) is 0 Å². The molecule has 200 valence electrons. The Morgan fingerprint density at radius 1 is 0.415 bits per heavy atom. The molecule has 0 unspecified atom stereocenters. The molecule has 5 rings (SSSR count). The first kappa shape index (κ1) is 26.8. The molecule has 0 fully saturated rings. The summed E-state index contributed by atoms with van der Waals surface area (Å²) in [6.45, 7) is 0. The third-order valence-corrected chi connectivity index (χ3v) is 5.95. The van der Waals surface area contributed by atoms with Crippen molar-refractivity contribution in [1.29, 1.82) is 0 Å². The first-order valence-corrected chi connectivity index (χ1v) is 12.6. The van der Waals surface area contributed by atoms with Crippen LogP contribution in [-0.4, -0.2) is 23.7 Å². The summed E-state index contributed by atoms with van der Waals surface area (Å²) in [7, 11) is 0. The van der Waals surface area contributed by atoms with Crippen LogP contribution in [0, 0.1) is 0 Å². The molecule has 0 aromatic heterocycles. The SMILES string of the molecule is O=C(Oc1cc(OC(=O)c2ccccc2)c(OC(=O)c2ccccc2)c(C(=O)c2ccccc2)c1)c1ccccc1. The smallest absolute Gasteiger partial charge is 0.343 e. The summed E-state index contributed by atoms with van der Waals surface area (Å²) in [6.07, 6.45) is 0. The summed E-state index contributed by atoms with van der Waals surface area (Å²) in [4.78, 5) is 52.8. The third kappa shape index (κ3) is 6.43. The molecule has 0 aliphatic heterocycles. The maximum absolute atomic E-state index is 13.7. The fraction of sp³-hybridized carbons (Fsp3) is 0. The Labute approximate surface area is 235 Å². The number of carbonyl (C=O) groups is 4. The van der Waals surface area contributed by atoms with Crippen LogP contribution in [0.4, 0.5) is 0 Å². The highest BCUT2D eigenvalue weighted by Gasteiger charge is 2.26. The van der Waals surface area contributed by atoms with Gasteiger partial charge in [0.1, 0.15) is 5.75 Å². The molecule has 7 nitrogen and oxygen atoms in total. The largest absolute Gasteiger partial charge is 0.423 e. The maximum atomic E-state index is 13.7. The van der Waals surface area contributed by atoms with E-state index >= 15 is 0 Å². The fourth-order valence-electron chi connectivity index (χ4n) is 3.93. The Kier molecular flexibility index (Phi) is 8.07. The molecule has 0 atom stereocenters. The molecule has 7 heteroatoms. The van der Waals surface area contributed by atoms with E-state index in [4.69, 9.17) is 14.2 Å². The lowest BCUT2D eigenvalue weighted by molar-refractivity contribution is 0.0676. The molecule has 0 amide bonds. The number of hydrogen-bond donors (Lipinski definition) is 0. The van der Waals surface area contributed by atoms with Crippen molar-refractivity contribution in [3.8, 4) is 17.2 Å². The number of benzene rings is 5. The second-order valence-electron chi connectivity index (χ2n) is 8.76. The minimum Gasteiger partial charge on any atom is -0.423 e. The van der Waals surface area contributed by atoms with Crippen LogP contribution in [0.2, 0.25) is 0 Å². The Hall–Kier alpha value is -5.82. The van der Waals surface area contributed by atoms with Gasteiger partial charge in [0.15, 0.2) is 17.3 Å². The Bertz CT molecular complexity index is 1700. The molecule has 0 saturated heterocycles. The highest BCUT2D eigenvalue weighted by atomic mass is 16.6. The first-order chi connectivity index (χ1) is 20.0. The van der Waals surface area contributed by atoms with E-state index in [0.717, 1.165) is 0 Å². The summed E-state index contributed by atoms with van der Waals surface area (Å²) in [5, 5.41) is 0. The molecule has 41 heavy (non-hydrogen) atoms. The molecule has 0 bridgehead atoms. The third-order valence-electron chi connectivity index (χ3n) is 5.95. The molecular formula is C34H22O7. The highest BCUT2D eigenvalue weighted by Crippen LogP contribution is 2.39. The van der Waals surface area contributed by atoms with Gasteiger partial charge in [0, 0.05) is 11.6 Å². The molecule has 0 N–H and O–H groups in total. The van der Waals surface area contributed by atoms with Gasteiger partial charge in [0.25, 0.3) is 0 Å². The van der Waals surface area contributed by atoms with Crippen LogP contribution >= 0.6 is 0 Å². The van der Waals surface area contributed by atoms with Crippen molar-refractivity contribution < 1.29 is 33.4 Å². The molecule has 0 radical (unpaired) electrons. The normalized spacial score (nSPS) is 10.3. The Morgan fingerprint density at radius 3 is 1.27 bits per heavy atom. The number of esters is 3. The molecule has 5 aromatic carbocycles. The number of rotatable bonds is 8. The maximum Gasteiger partial charge on any atom is 0.343 e. The van der Waals surface area contributed by atoms with Gasteiger partial charge < -0.3 is 14.2 Å². The van der Waals surface area contributed by atoms with Crippen LogP contribution in [0.1, 0.15) is 47.0 Å². The van der Waals surface area contributed by atoms with E-state index < -0.39 is 23.7 Å². The quantitative estimate of drug-likeness (QED) is 0.124. The van der Waals surface area contributed by atoms with Gasteiger partial charge in [0.2, 0.25) is 0 Å². The molecule has 0 aliphatic carbocycles. The predicted octanol–water partition coefficient (Wildman–Crippen LogP) is 6.58. The van der Waals surface area contributed by atoms with Gasteiger partial charge in [-0.05, 0) is 42.5 Å². The number of ketones is 1. The summed E-state index contributed by atoms with van der Waals surface area (Å²) in [5.41, 5.74) is 0.831. The van der Waals surface area contributed by atoms with E-state index in [1.807, 2.05) is 0 Å². The van der Waals surface area contributed by atoms with Crippen molar-refractivity contribution in [1.82, 2.24) is 0 Å². The standard InChI is InChI=1S/C34H22O7/c35-30(23-13-5-1-6-14-23)28-21-27(39-32(36)24-15-7-2-8-16-24)22-29(40-33(37)25-17-9-3-10-18-25)31(28)41-34(38)26-19-11-4-12-20-26/h1-22H. The van der Waals surface area contributed by atoms with E-state index in [-0.39, 0.29) is 45.1 Å². The zero-order valence-corrected chi connectivity index (χ0v) is 21.6. The first-order valence-electron chi connectivity index (χ1n) is 12.6. The zero-order chi connectivity index (χ0) is 28.6. The van der Waals surface area contributed by atoms with E-state index in [1.165, 1.54) is 12.1 Å². The predicted molar refractivity (Wildman–Crippen MR) is 151 cm³/mol. The Balaban J connectivity index is 1.63. The second kappa shape index (κ2) is 12.4. The Morgan fingerprint density at radius 2 is 0.805 bits per heavy atom. The van der Waals surface area contributed by atoms with Crippen molar-refractivity contribution >= 4 is 23.7 Å². The van der Waals surface area contributed by atoms with Gasteiger partial charge in [-0.2, -0.15) is 0 Å². The average Bonchev–Trinajstić information content (AvgIpc) is 3.03. The lowest BCUT2D eigenvalue weighted by atomic mass is 10.0. The molecule has 0 heterocycles. The summed E-state index contributed by atoms with van der Waals surface area (Å²) in [6, 6.07) is 35.4. The van der Waals surface area contributed by atoms with Crippen LogP contribution in [0.15, 0.2) is 133 Å². The van der Waals surface area contributed by atoms with Crippen LogP contribution in [0.5, 0.6) is 17.2 Å². The van der Waals surface area contributed by atoms with Gasteiger partial charge in [-0.3, -0.25) is 4.79 Å². The minimum atomic E-state index is -0.779. The number of carbonyl (C=O) groups excluding carboxylic acids is 4. The van der Waals surface area contributed by atoms with Crippen LogP contribution in [0.3, 0.4) is 0 Å². The summed E-state index contributed by atoms with van der Waals surface area (Å²) >= 11 is 0. The fourth-order valence-corrected chi connectivity index (χ4v) is 3.93. The number of ether oxygens (including phenoxy) is 3. The minimum absolute atomic E-state index is 0.0893. The zero-order valence-electron chi connectivity index (χ0n) is 21.6. The summed E-state index contributed by atoms with van der Waals surface area (Å²) in [5.74, 6) is -3.45. The topological polar surface area (TPSA) is 96.0 Å². The van der Waals surface area contributed by atoms with Crippen LogP contribution < -0.4 is 14.2 Å². The second-order valence-corrected chi connectivity index (χ2v) is 8.76. The van der Waals surface area contributed by atoms with E-state index in [9.17, 15) is 19.2 Å². The van der Waals surface area contributed by atoms with Crippen molar-refractivity contribution in [2.45, 2.75) is 0 Å². The highest BCUT2D eigenvalue weighted by molar-refractivity contribution is 6.12. The van der Waals surface area contributed by atoms with Gasteiger partial charge >= 0.3 is 17.9 Å². The van der Waals surface area contributed by atoms with Gasteiger partial charge in [0.05, 0.1) is 22.3 Å². The van der Waals surface area contributed by atoms with Gasteiger partial charge in [-0.25, -0.2) is 14.4 Å². The monoisotopic (exact) mass is 542 g/mol. The van der Waals surface area contributed by atoms with Crippen molar-refractivity contribution in [2.24, 2.45) is 0 Å². The van der Waals surface area contributed by atoms with Crippen molar-refractivity contribution in [3.05, 3.63) is 161 Å². The van der Waals surface area contributed by atoms with Crippen molar-refractivity contribution in [2.75, 3.05) is 0 Å². The lowest BCUT2D eigenvalue weighted by Gasteiger charge is -2.16. The van der Waals surface area contributed by atoms with E-state index in [2.05, 4.69) is 0 Å². The van der Waals surface area contributed by atoms with Crippen molar-refractivity contribution in [3.63, 3.8) is 0 Å². The molecule has 0 spiro atoms. The average molecular weight is 543 g/mol. The van der Waals surface area contributed by atoms with E-state index in [1.54, 1.807) is 121 Å². The molecule has 0 aliphatic rings. The molecular weight excluding hydrogens is 520 g/mol.